The average molecular weight is 239 g/mol. The Bertz CT molecular complexity index is 534. The van der Waals surface area contributed by atoms with Gasteiger partial charge in [-0.25, -0.2) is 0 Å². The summed E-state index contributed by atoms with van der Waals surface area (Å²) in [7, 11) is 0. The molecule has 0 aromatic heterocycles. The van der Waals surface area contributed by atoms with Crippen LogP contribution in [0.25, 0.3) is 0 Å². The summed E-state index contributed by atoms with van der Waals surface area (Å²) in [6.07, 6.45) is 0. The van der Waals surface area contributed by atoms with Crippen molar-refractivity contribution in [1.29, 1.82) is 0 Å². The van der Waals surface area contributed by atoms with Crippen molar-refractivity contribution >= 4 is 11.6 Å². The lowest BCUT2D eigenvalue weighted by Crippen LogP contribution is -2.22. The third-order valence-corrected chi connectivity index (χ3v) is 2.89. The van der Waals surface area contributed by atoms with Crippen LogP contribution in [0.2, 0.25) is 0 Å². The van der Waals surface area contributed by atoms with Gasteiger partial charge < -0.3 is 4.90 Å². The lowest BCUT2D eigenvalue weighted by Gasteiger charge is -2.15. The highest BCUT2D eigenvalue weighted by Crippen LogP contribution is 2.27. The van der Waals surface area contributed by atoms with Crippen molar-refractivity contribution in [2.45, 2.75) is 20.4 Å². The average Bonchev–Trinajstić information content (AvgIpc) is 2.80. The second-order valence-electron chi connectivity index (χ2n) is 3.88. The number of carbonyl (C=O) groups excluding carboxylic acids is 1. The summed E-state index contributed by atoms with van der Waals surface area (Å²) in [5, 5.41) is 0. The Labute approximate surface area is 108 Å². The van der Waals surface area contributed by atoms with E-state index in [9.17, 15) is 4.79 Å². The fraction of sp³-hybridized carbons (Fsp3) is 0.188. The minimum atomic E-state index is 0.0989. The standard InChI is InChI=1S/C14H11NO.C2H6/c16-14-13-9-5-4-6-11(13)10-15(14)12-7-2-1-3-8-12;1-2/h1-9H,10H2;1-2H3. The molecule has 1 aliphatic rings. The van der Waals surface area contributed by atoms with Crippen LogP contribution in [0.3, 0.4) is 0 Å². The highest BCUT2D eigenvalue weighted by molar-refractivity contribution is 6.09. The highest BCUT2D eigenvalue weighted by Gasteiger charge is 2.27. The fourth-order valence-corrected chi connectivity index (χ4v) is 2.07. The maximum absolute atomic E-state index is 12.1. The predicted molar refractivity (Wildman–Crippen MR) is 74.7 cm³/mol. The summed E-state index contributed by atoms with van der Waals surface area (Å²) in [6, 6.07) is 17.6. The van der Waals surface area contributed by atoms with Gasteiger partial charge in [-0.2, -0.15) is 0 Å². The SMILES string of the molecule is CC.O=C1c2ccccc2CN1c1ccccc1. The molecule has 92 valence electrons. The molecular formula is C16H17NO. The number of para-hydroxylation sites is 1. The normalized spacial score (nSPS) is 12.8. The van der Waals surface area contributed by atoms with Gasteiger partial charge in [0, 0.05) is 11.3 Å². The van der Waals surface area contributed by atoms with E-state index in [2.05, 4.69) is 0 Å². The maximum Gasteiger partial charge on any atom is 0.258 e. The number of anilines is 1. The summed E-state index contributed by atoms with van der Waals surface area (Å²) in [5.74, 6) is 0.0989. The zero-order valence-corrected chi connectivity index (χ0v) is 10.8. The van der Waals surface area contributed by atoms with Crippen molar-refractivity contribution in [1.82, 2.24) is 0 Å². The summed E-state index contributed by atoms with van der Waals surface area (Å²) in [5.41, 5.74) is 2.89. The van der Waals surface area contributed by atoms with E-state index in [-0.39, 0.29) is 5.91 Å². The molecule has 0 atom stereocenters. The quantitative estimate of drug-likeness (QED) is 0.739. The number of amides is 1. The van der Waals surface area contributed by atoms with Gasteiger partial charge in [0.15, 0.2) is 0 Å². The molecule has 0 aliphatic carbocycles. The van der Waals surface area contributed by atoms with Crippen molar-refractivity contribution < 1.29 is 4.79 Å². The lowest BCUT2D eigenvalue weighted by atomic mass is 10.1. The number of hydrogen-bond donors (Lipinski definition) is 0. The molecule has 1 heterocycles. The van der Waals surface area contributed by atoms with Gasteiger partial charge in [0.1, 0.15) is 0 Å². The first-order chi connectivity index (χ1) is 8.86. The third-order valence-electron chi connectivity index (χ3n) is 2.89. The molecule has 0 unspecified atom stereocenters. The molecule has 0 spiro atoms. The second-order valence-corrected chi connectivity index (χ2v) is 3.88. The van der Waals surface area contributed by atoms with E-state index < -0.39 is 0 Å². The molecule has 1 aliphatic heterocycles. The number of fused-ring (bicyclic) bond motifs is 1. The molecule has 2 nitrogen and oxygen atoms in total. The van der Waals surface area contributed by atoms with Crippen LogP contribution in [0, 0.1) is 0 Å². The van der Waals surface area contributed by atoms with E-state index in [0.717, 1.165) is 16.8 Å². The van der Waals surface area contributed by atoms with Crippen LogP contribution in [0.5, 0.6) is 0 Å². The first kappa shape index (κ1) is 12.4. The Hall–Kier alpha value is -2.09. The fourth-order valence-electron chi connectivity index (χ4n) is 2.07. The third kappa shape index (κ3) is 2.14. The molecular weight excluding hydrogens is 222 g/mol. The zero-order valence-electron chi connectivity index (χ0n) is 10.8. The van der Waals surface area contributed by atoms with Gasteiger partial charge in [-0.15, -0.1) is 0 Å². The lowest BCUT2D eigenvalue weighted by molar-refractivity contribution is 0.0996. The second kappa shape index (κ2) is 5.50. The van der Waals surface area contributed by atoms with Crippen molar-refractivity contribution in [3.8, 4) is 0 Å². The summed E-state index contributed by atoms with van der Waals surface area (Å²) >= 11 is 0. The molecule has 2 heteroatoms. The minimum Gasteiger partial charge on any atom is -0.304 e. The van der Waals surface area contributed by atoms with E-state index in [1.807, 2.05) is 73.3 Å². The van der Waals surface area contributed by atoms with Crippen molar-refractivity contribution in [3.05, 3.63) is 65.7 Å². The van der Waals surface area contributed by atoms with Crippen LogP contribution in [-0.2, 0) is 6.54 Å². The smallest absolute Gasteiger partial charge is 0.258 e. The number of nitrogens with zero attached hydrogens (tertiary/aromatic N) is 1. The summed E-state index contributed by atoms with van der Waals surface area (Å²) in [6.45, 7) is 4.68. The molecule has 0 saturated heterocycles. The molecule has 18 heavy (non-hydrogen) atoms. The van der Waals surface area contributed by atoms with Crippen LogP contribution >= 0.6 is 0 Å². The predicted octanol–water partition coefficient (Wildman–Crippen LogP) is 3.87. The van der Waals surface area contributed by atoms with E-state index >= 15 is 0 Å². The van der Waals surface area contributed by atoms with Gasteiger partial charge in [0.2, 0.25) is 0 Å². The topological polar surface area (TPSA) is 20.3 Å². The Morgan fingerprint density at radius 2 is 1.50 bits per heavy atom. The Morgan fingerprint density at radius 1 is 0.889 bits per heavy atom. The summed E-state index contributed by atoms with van der Waals surface area (Å²) in [4.78, 5) is 13.9. The van der Waals surface area contributed by atoms with Crippen molar-refractivity contribution in [2.24, 2.45) is 0 Å². The molecule has 3 rings (SSSR count). The first-order valence-corrected chi connectivity index (χ1v) is 6.31. The van der Waals surface area contributed by atoms with E-state index in [1.54, 1.807) is 0 Å². The van der Waals surface area contributed by atoms with Crippen molar-refractivity contribution in [3.63, 3.8) is 0 Å². The van der Waals surface area contributed by atoms with Gasteiger partial charge in [-0.1, -0.05) is 50.2 Å². The zero-order chi connectivity index (χ0) is 13.0. The number of carbonyl (C=O) groups is 1. The van der Waals surface area contributed by atoms with Gasteiger partial charge >= 0.3 is 0 Å². The molecule has 2 aromatic rings. The molecule has 0 N–H and O–H groups in total. The van der Waals surface area contributed by atoms with Gasteiger partial charge in [-0.3, -0.25) is 4.79 Å². The van der Waals surface area contributed by atoms with E-state index in [0.29, 0.717) is 6.54 Å². The molecule has 2 aromatic carbocycles. The number of benzene rings is 2. The largest absolute Gasteiger partial charge is 0.304 e. The summed E-state index contributed by atoms with van der Waals surface area (Å²) < 4.78 is 0. The maximum atomic E-state index is 12.1. The van der Waals surface area contributed by atoms with Crippen LogP contribution in [0.4, 0.5) is 5.69 Å². The van der Waals surface area contributed by atoms with Crippen LogP contribution in [0.15, 0.2) is 54.6 Å². The molecule has 1 amide bonds. The molecule has 0 radical (unpaired) electrons. The van der Waals surface area contributed by atoms with Gasteiger partial charge in [-0.05, 0) is 23.8 Å². The number of hydrogen-bond acceptors (Lipinski definition) is 1. The highest BCUT2D eigenvalue weighted by atomic mass is 16.2. The number of rotatable bonds is 1. The minimum absolute atomic E-state index is 0.0989. The van der Waals surface area contributed by atoms with E-state index in [1.165, 1.54) is 0 Å². The van der Waals surface area contributed by atoms with Crippen LogP contribution < -0.4 is 4.90 Å². The molecule has 0 fully saturated rings. The molecule has 0 bridgehead atoms. The first-order valence-electron chi connectivity index (χ1n) is 6.31. The Morgan fingerprint density at radius 3 is 2.17 bits per heavy atom. The Balaban J connectivity index is 0.000000574. The van der Waals surface area contributed by atoms with Crippen LogP contribution in [0.1, 0.15) is 29.8 Å². The monoisotopic (exact) mass is 239 g/mol. The van der Waals surface area contributed by atoms with Crippen LogP contribution in [-0.4, -0.2) is 5.91 Å². The van der Waals surface area contributed by atoms with E-state index in [4.69, 9.17) is 0 Å². The van der Waals surface area contributed by atoms with Gasteiger partial charge in [0.05, 0.1) is 6.54 Å². The Kier molecular flexibility index (Phi) is 3.78. The van der Waals surface area contributed by atoms with Crippen molar-refractivity contribution in [2.75, 3.05) is 4.90 Å². The molecule has 0 saturated carbocycles. The van der Waals surface area contributed by atoms with Gasteiger partial charge in [0.25, 0.3) is 5.91 Å².